The van der Waals surface area contributed by atoms with Crippen LogP contribution in [0.4, 0.5) is 4.39 Å². The van der Waals surface area contributed by atoms with Crippen LogP contribution in [0.3, 0.4) is 0 Å². The number of carbonyl (C=O) groups is 1. The van der Waals surface area contributed by atoms with E-state index in [0.29, 0.717) is 11.1 Å². The molecule has 2 N–H and O–H groups in total. The van der Waals surface area contributed by atoms with E-state index in [4.69, 9.17) is 5.73 Å². The van der Waals surface area contributed by atoms with Gasteiger partial charge in [0.1, 0.15) is 6.67 Å². The number of guanidine groups is 1. The standard InChI is InChI=1S/C24H20FN5O/c1-3-5-16-10-18(15-27-14-16)17-6-4-7-19(11-17)24(22(31)30(2)23(26)29-24)20-8-9-28-21(12-20)13-25/h4,6-12,14-15H,13H2,1-2H3,(H2,26,29). The summed E-state index contributed by atoms with van der Waals surface area (Å²) in [4.78, 5) is 27.6. The second-order valence-corrected chi connectivity index (χ2v) is 7.13. The molecule has 1 aliphatic rings. The van der Waals surface area contributed by atoms with Crippen LogP contribution >= 0.6 is 0 Å². The number of hydrogen-bond acceptors (Lipinski definition) is 5. The fourth-order valence-electron chi connectivity index (χ4n) is 3.69. The summed E-state index contributed by atoms with van der Waals surface area (Å²) < 4.78 is 13.3. The molecule has 7 heteroatoms. The zero-order chi connectivity index (χ0) is 22.0. The van der Waals surface area contributed by atoms with Crippen LogP contribution in [0, 0.1) is 11.8 Å². The van der Waals surface area contributed by atoms with Gasteiger partial charge in [0.15, 0.2) is 11.5 Å². The molecule has 0 bridgehead atoms. The average molecular weight is 413 g/mol. The SMILES string of the molecule is CC#Cc1cncc(-c2cccc(C3(c4ccnc(CF)c4)N=C(N)N(C)C3=O)c2)c1. The Morgan fingerprint density at radius 1 is 1.13 bits per heavy atom. The molecule has 1 amide bonds. The van der Waals surface area contributed by atoms with Gasteiger partial charge in [0, 0.05) is 36.8 Å². The number of nitrogens with zero attached hydrogens (tertiary/aromatic N) is 4. The Bertz CT molecular complexity index is 1260. The van der Waals surface area contributed by atoms with Gasteiger partial charge in [-0.3, -0.25) is 19.7 Å². The Kier molecular flexibility index (Phi) is 5.22. The van der Waals surface area contributed by atoms with E-state index in [1.54, 1.807) is 38.5 Å². The Hall–Kier alpha value is -4.05. The van der Waals surface area contributed by atoms with E-state index in [2.05, 4.69) is 26.8 Å². The Balaban J connectivity index is 1.92. The summed E-state index contributed by atoms with van der Waals surface area (Å²) in [6.45, 7) is 1.02. The van der Waals surface area contributed by atoms with Crippen LogP contribution in [0.15, 0.2) is 66.0 Å². The molecule has 0 radical (unpaired) electrons. The Morgan fingerprint density at radius 3 is 2.65 bits per heavy atom. The van der Waals surface area contributed by atoms with Crippen LogP contribution < -0.4 is 5.73 Å². The largest absolute Gasteiger partial charge is 0.369 e. The van der Waals surface area contributed by atoms with Crippen LogP contribution in [0.2, 0.25) is 0 Å². The van der Waals surface area contributed by atoms with E-state index in [0.717, 1.165) is 16.7 Å². The molecule has 0 saturated heterocycles. The molecule has 1 atom stereocenters. The smallest absolute Gasteiger partial charge is 0.266 e. The lowest BCUT2D eigenvalue weighted by atomic mass is 9.82. The number of benzene rings is 1. The van der Waals surface area contributed by atoms with Crippen LogP contribution in [0.25, 0.3) is 11.1 Å². The van der Waals surface area contributed by atoms with Gasteiger partial charge in [0.05, 0.1) is 5.69 Å². The van der Waals surface area contributed by atoms with Crippen LogP contribution in [0.5, 0.6) is 0 Å². The Labute approximate surface area is 179 Å². The molecule has 0 spiro atoms. The second-order valence-electron chi connectivity index (χ2n) is 7.13. The fraction of sp³-hybridized carbons (Fsp3) is 0.167. The normalized spacial score (nSPS) is 17.8. The predicted octanol–water partition coefficient (Wildman–Crippen LogP) is 3.01. The molecule has 154 valence electrons. The van der Waals surface area contributed by atoms with Crippen molar-refractivity contribution in [2.24, 2.45) is 10.7 Å². The van der Waals surface area contributed by atoms with Gasteiger partial charge in [-0.25, -0.2) is 9.38 Å². The summed E-state index contributed by atoms with van der Waals surface area (Å²) in [5.41, 5.74) is 8.45. The van der Waals surface area contributed by atoms with Gasteiger partial charge < -0.3 is 5.73 Å². The zero-order valence-corrected chi connectivity index (χ0v) is 17.1. The van der Waals surface area contributed by atoms with Crippen molar-refractivity contribution in [1.82, 2.24) is 14.9 Å². The summed E-state index contributed by atoms with van der Waals surface area (Å²) in [6, 6.07) is 12.6. The molecular formula is C24H20FN5O. The maximum absolute atomic E-state index is 13.4. The number of carbonyl (C=O) groups excluding carboxylic acids is 1. The van der Waals surface area contributed by atoms with Gasteiger partial charge in [-0.05, 0) is 47.9 Å². The van der Waals surface area contributed by atoms with E-state index in [9.17, 15) is 9.18 Å². The number of rotatable bonds is 4. The molecule has 1 aliphatic heterocycles. The third-order valence-corrected chi connectivity index (χ3v) is 5.23. The van der Waals surface area contributed by atoms with Gasteiger partial charge in [-0.15, -0.1) is 5.92 Å². The fourth-order valence-corrected chi connectivity index (χ4v) is 3.69. The maximum Gasteiger partial charge on any atom is 0.266 e. The number of halogens is 1. The van der Waals surface area contributed by atoms with Gasteiger partial charge in [-0.1, -0.05) is 24.1 Å². The predicted molar refractivity (Wildman–Crippen MR) is 116 cm³/mol. The number of aliphatic imine (C=N–C) groups is 1. The van der Waals surface area contributed by atoms with E-state index in [1.165, 1.54) is 11.1 Å². The first kappa shape index (κ1) is 20.2. The molecular weight excluding hydrogens is 393 g/mol. The maximum atomic E-state index is 13.4. The summed E-state index contributed by atoms with van der Waals surface area (Å²) in [5, 5.41) is 0. The molecule has 1 aromatic carbocycles. The van der Waals surface area contributed by atoms with Crippen molar-refractivity contribution in [2.75, 3.05) is 7.05 Å². The van der Waals surface area contributed by atoms with Gasteiger partial charge >= 0.3 is 0 Å². The molecule has 3 aromatic rings. The molecule has 31 heavy (non-hydrogen) atoms. The molecule has 3 heterocycles. The first-order valence-electron chi connectivity index (χ1n) is 9.63. The van der Waals surface area contributed by atoms with E-state index in [1.807, 2.05) is 30.3 Å². The number of amides is 1. The van der Waals surface area contributed by atoms with Crippen molar-refractivity contribution < 1.29 is 9.18 Å². The van der Waals surface area contributed by atoms with Crippen LogP contribution in [-0.4, -0.2) is 33.8 Å². The van der Waals surface area contributed by atoms with Crippen molar-refractivity contribution in [3.8, 4) is 23.0 Å². The lowest BCUT2D eigenvalue weighted by Gasteiger charge is -2.26. The second kappa shape index (κ2) is 8.00. The average Bonchev–Trinajstić information content (AvgIpc) is 3.04. The first-order chi connectivity index (χ1) is 15.0. The number of alkyl halides is 1. The molecule has 6 nitrogen and oxygen atoms in total. The Morgan fingerprint density at radius 2 is 1.94 bits per heavy atom. The quantitative estimate of drug-likeness (QED) is 0.667. The van der Waals surface area contributed by atoms with E-state index < -0.39 is 12.2 Å². The van der Waals surface area contributed by atoms with Crippen LogP contribution in [0.1, 0.15) is 29.3 Å². The highest BCUT2D eigenvalue weighted by atomic mass is 19.1. The minimum Gasteiger partial charge on any atom is -0.369 e. The molecule has 0 fully saturated rings. The van der Waals surface area contributed by atoms with Crippen molar-refractivity contribution in [2.45, 2.75) is 19.1 Å². The lowest BCUT2D eigenvalue weighted by Crippen LogP contribution is -2.41. The van der Waals surface area contributed by atoms with Crippen LogP contribution in [-0.2, 0) is 17.0 Å². The number of pyridine rings is 2. The van der Waals surface area contributed by atoms with Gasteiger partial charge in [0.2, 0.25) is 0 Å². The highest BCUT2D eigenvalue weighted by molar-refractivity contribution is 6.09. The van der Waals surface area contributed by atoms with Crippen molar-refractivity contribution >= 4 is 11.9 Å². The highest BCUT2D eigenvalue weighted by Gasteiger charge is 2.49. The molecule has 4 rings (SSSR count). The highest BCUT2D eigenvalue weighted by Crippen LogP contribution is 2.40. The third-order valence-electron chi connectivity index (χ3n) is 5.23. The number of hydrogen-bond donors (Lipinski definition) is 1. The van der Waals surface area contributed by atoms with E-state index in [-0.39, 0.29) is 17.6 Å². The van der Waals surface area contributed by atoms with E-state index >= 15 is 0 Å². The minimum atomic E-state index is -1.42. The minimum absolute atomic E-state index is 0.0934. The van der Waals surface area contributed by atoms with Gasteiger partial charge in [-0.2, -0.15) is 0 Å². The van der Waals surface area contributed by atoms with Crippen molar-refractivity contribution in [1.29, 1.82) is 0 Å². The third kappa shape index (κ3) is 3.42. The molecule has 0 aliphatic carbocycles. The summed E-state index contributed by atoms with van der Waals surface area (Å²) >= 11 is 0. The number of aromatic nitrogens is 2. The number of likely N-dealkylation sites (N-methyl/N-ethyl adjacent to an activating group) is 1. The summed E-state index contributed by atoms with van der Waals surface area (Å²) in [7, 11) is 1.57. The first-order valence-corrected chi connectivity index (χ1v) is 9.63. The lowest BCUT2D eigenvalue weighted by molar-refractivity contribution is -0.129. The number of nitrogens with two attached hydrogens (primary N) is 1. The van der Waals surface area contributed by atoms with Crippen molar-refractivity contribution in [3.63, 3.8) is 0 Å². The summed E-state index contributed by atoms with van der Waals surface area (Å²) in [6.07, 6.45) is 4.91. The zero-order valence-electron chi connectivity index (χ0n) is 17.1. The van der Waals surface area contributed by atoms with Crippen molar-refractivity contribution in [3.05, 3.63) is 83.4 Å². The topological polar surface area (TPSA) is 84.5 Å². The molecule has 1 unspecified atom stereocenters. The van der Waals surface area contributed by atoms with Gasteiger partial charge in [0.25, 0.3) is 5.91 Å². The molecule has 0 saturated carbocycles. The monoisotopic (exact) mass is 413 g/mol. The summed E-state index contributed by atoms with van der Waals surface area (Å²) in [5.74, 6) is 5.64. The molecule has 2 aromatic heterocycles.